The fourth-order valence-electron chi connectivity index (χ4n) is 8.91. The maximum Gasteiger partial charge on any atom is 0.159 e. The number of fused-ring (bicyclic) bond motifs is 9. The molecule has 59 heavy (non-hydrogen) atoms. The fraction of sp³-hybridized carbons (Fsp3) is 0. The van der Waals surface area contributed by atoms with Crippen LogP contribution in [0.25, 0.3) is 98.8 Å². The molecule has 3 nitrogen and oxygen atoms in total. The van der Waals surface area contributed by atoms with Gasteiger partial charge < -0.3 is 13.7 Å². The van der Waals surface area contributed by atoms with Crippen LogP contribution in [0.1, 0.15) is 0 Å². The Morgan fingerprint density at radius 1 is 0.288 bits per heavy atom. The molecule has 12 rings (SSSR count). The first-order valence-electron chi connectivity index (χ1n) is 20.1. The second-order valence-electron chi connectivity index (χ2n) is 15.3. The highest BCUT2D eigenvalue weighted by molar-refractivity contribution is 6.17. The Morgan fingerprint density at radius 2 is 0.864 bits per heavy atom. The van der Waals surface area contributed by atoms with Gasteiger partial charge in [-0.1, -0.05) is 158 Å². The number of hydrogen-bond acceptors (Lipinski definition) is 3. The molecule has 0 N–H and O–H groups in total. The molecule has 0 atom stereocenters. The minimum absolute atomic E-state index is 0.855. The maximum absolute atomic E-state index is 6.90. The number of hydrogen-bond donors (Lipinski definition) is 0. The Bertz CT molecular complexity index is 3540. The van der Waals surface area contributed by atoms with Crippen molar-refractivity contribution >= 4 is 82.5 Å². The van der Waals surface area contributed by atoms with E-state index in [1.807, 2.05) is 6.07 Å². The third-order valence-electron chi connectivity index (χ3n) is 11.9. The largest absolute Gasteiger partial charge is 0.455 e. The van der Waals surface area contributed by atoms with Gasteiger partial charge in [-0.25, -0.2) is 0 Å². The summed E-state index contributed by atoms with van der Waals surface area (Å²) in [5.41, 5.74) is 13.5. The van der Waals surface area contributed by atoms with Crippen molar-refractivity contribution in [2.45, 2.75) is 0 Å². The predicted molar refractivity (Wildman–Crippen MR) is 247 cm³/mol. The van der Waals surface area contributed by atoms with Crippen molar-refractivity contribution < 1.29 is 8.83 Å². The molecule has 276 valence electrons. The molecule has 0 unspecified atom stereocenters. The van der Waals surface area contributed by atoms with Gasteiger partial charge in [-0.15, -0.1) is 0 Å². The van der Waals surface area contributed by atoms with Gasteiger partial charge in [0.05, 0.1) is 5.69 Å². The van der Waals surface area contributed by atoms with Crippen LogP contribution in [0.5, 0.6) is 0 Å². The fourth-order valence-corrected chi connectivity index (χ4v) is 8.91. The van der Waals surface area contributed by atoms with Gasteiger partial charge in [0.25, 0.3) is 0 Å². The zero-order valence-corrected chi connectivity index (χ0v) is 32.0. The summed E-state index contributed by atoms with van der Waals surface area (Å²) in [7, 11) is 0. The van der Waals surface area contributed by atoms with Crippen LogP contribution in [-0.2, 0) is 0 Å². The molecule has 0 aliphatic carbocycles. The van der Waals surface area contributed by atoms with E-state index in [0.29, 0.717) is 0 Å². The van der Waals surface area contributed by atoms with Crippen LogP contribution in [0.15, 0.2) is 221 Å². The standard InChI is InChI=1S/C56H35NO2/c1-2-11-39(12-3-1)47-16-8-17-49-51-35-43(27-33-53(51)58-54(47)49)38-24-30-45(31-25-38)57(44-28-22-37(23-29-44)42-21-20-36-10-4-5-14-41(36)34-42)52-19-9-18-48-50-32-26-40-13-6-7-15-46(40)55(50)59-56(48)52/h1-35H. The highest BCUT2D eigenvalue weighted by Crippen LogP contribution is 2.45. The number of nitrogens with zero attached hydrogens (tertiary/aromatic N) is 1. The third kappa shape index (κ3) is 5.51. The van der Waals surface area contributed by atoms with E-state index in [1.165, 1.54) is 21.9 Å². The number of furan rings is 2. The van der Waals surface area contributed by atoms with Gasteiger partial charge in [-0.05, 0) is 98.6 Å². The lowest BCUT2D eigenvalue weighted by molar-refractivity contribution is 0.670. The summed E-state index contributed by atoms with van der Waals surface area (Å²) in [6, 6.07) is 75.6. The molecule has 0 amide bonds. The highest BCUT2D eigenvalue weighted by atomic mass is 16.3. The summed E-state index contributed by atoms with van der Waals surface area (Å²) in [6.45, 7) is 0. The van der Waals surface area contributed by atoms with E-state index < -0.39 is 0 Å². The van der Waals surface area contributed by atoms with Crippen LogP contribution in [-0.4, -0.2) is 0 Å². The van der Waals surface area contributed by atoms with Crippen molar-refractivity contribution in [1.82, 2.24) is 0 Å². The molecule has 0 aliphatic heterocycles. The number of anilines is 3. The van der Waals surface area contributed by atoms with E-state index in [-0.39, 0.29) is 0 Å². The second kappa shape index (κ2) is 13.4. The van der Waals surface area contributed by atoms with Crippen molar-refractivity contribution in [2.75, 3.05) is 4.90 Å². The van der Waals surface area contributed by atoms with Gasteiger partial charge in [-0.3, -0.25) is 0 Å². The van der Waals surface area contributed by atoms with Gasteiger partial charge in [0, 0.05) is 43.9 Å². The van der Waals surface area contributed by atoms with Gasteiger partial charge in [0.2, 0.25) is 0 Å². The molecule has 10 aromatic carbocycles. The van der Waals surface area contributed by atoms with Crippen LogP contribution < -0.4 is 4.90 Å². The number of para-hydroxylation sites is 2. The molecule has 0 spiro atoms. The third-order valence-corrected chi connectivity index (χ3v) is 11.9. The summed E-state index contributed by atoms with van der Waals surface area (Å²) in [6.07, 6.45) is 0. The first-order valence-corrected chi connectivity index (χ1v) is 20.1. The van der Waals surface area contributed by atoms with E-state index in [1.54, 1.807) is 0 Å². The molecule has 3 heteroatoms. The van der Waals surface area contributed by atoms with Crippen LogP contribution >= 0.6 is 0 Å². The Balaban J connectivity index is 0.978. The summed E-state index contributed by atoms with van der Waals surface area (Å²) in [4.78, 5) is 2.32. The molecular formula is C56H35NO2. The smallest absolute Gasteiger partial charge is 0.159 e. The molecule has 0 fully saturated rings. The van der Waals surface area contributed by atoms with Crippen LogP contribution in [0.3, 0.4) is 0 Å². The maximum atomic E-state index is 6.90. The van der Waals surface area contributed by atoms with Gasteiger partial charge >= 0.3 is 0 Å². The van der Waals surface area contributed by atoms with Crippen molar-refractivity contribution in [3.05, 3.63) is 212 Å². The topological polar surface area (TPSA) is 29.5 Å². The zero-order chi connectivity index (χ0) is 38.9. The number of benzene rings is 10. The molecule has 0 aliphatic rings. The first kappa shape index (κ1) is 33.3. The van der Waals surface area contributed by atoms with E-state index in [0.717, 1.165) is 94.0 Å². The van der Waals surface area contributed by atoms with E-state index in [9.17, 15) is 0 Å². The minimum atomic E-state index is 0.855. The van der Waals surface area contributed by atoms with Crippen molar-refractivity contribution in [3.8, 4) is 33.4 Å². The molecular weight excluding hydrogens is 719 g/mol. The van der Waals surface area contributed by atoms with Gasteiger partial charge in [0.1, 0.15) is 16.7 Å². The molecule has 0 saturated carbocycles. The minimum Gasteiger partial charge on any atom is -0.455 e. The van der Waals surface area contributed by atoms with Gasteiger partial charge in [-0.2, -0.15) is 0 Å². The van der Waals surface area contributed by atoms with Crippen molar-refractivity contribution in [2.24, 2.45) is 0 Å². The molecule has 12 aromatic rings. The van der Waals surface area contributed by atoms with Crippen LogP contribution in [0.2, 0.25) is 0 Å². The summed E-state index contributed by atoms with van der Waals surface area (Å²) in [5, 5.41) is 9.18. The Kier molecular flexibility index (Phi) is 7.54. The molecule has 0 saturated heterocycles. The molecule has 2 aromatic heterocycles. The van der Waals surface area contributed by atoms with Crippen LogP contribution in [0.4, 0.5) is 17.1 Å². The lowest BCUT2D eigenvalue weighted by Crippen LogP contribution is -2.10. The Hall–Kier alpha value is -7.88. The first-order chi connectivity index (χ1) is 29.2. The quantitative estimate of drug-likeness (QED) is 0.169. The lowest BCUT2D eigenvalue weighted by atomic mass is 9.99. The van der Waals surface area contributed by atoms with Crippen molar-refractivity contribution in [3.63, 3.8) is 0 Å². The SMILES string of the molecule is c1ccc(-c2cccc3c2oc2ccc(-c4ccc(N(c5ccc(-c6ccc7ccccc7c6)cc5)c5cccc6c5oc5c7ccccc7ccc65)cc4)cc23)cc1. The van der Waals surface area contributed by atoms with Crippen molar-refractivity contribution in [1.29, 1.82) is 0 Å². The lowest BCUT2D eigenvalue weighted by Gasteiger charge is -2.26. The normalized spacial score (nSPS) is 11.7. The monoisotopic (exact) mass is 753 g/mol. The molecule has 0 radical (unpaired) electrons. The van der Waals surface area contributed by atoms with Gasteiger partial charge in [0.15, 0.2) is 5.58 Å². The van der Waals surface area contributed by atoms with E-state index >= 15 is 0 Å². The summed E-state index contributed by atoms with van der Waals surface area (Å²) in [5.74, 6) is 0. The average Bonchev–Trinajstić information content (AvgIpc) is 3.89. The molecule has 0 bridgehead atoms. The second-order valence-corrected chi connectivity index (χ2v) is 15.3. The van der Waals surface area contributed by atoms with Crippen LogP contribution in [0, 0.1) is 0 Å². The number of rotatable bonds is 6. The predicted octanol–water partition coefficient (Wildman–Crippen LogP) is 16.3. The molecule has 2 heterocycles. The Morgan fingerprint density at radius 3 is 1.64 bits per heavy atom. The summed E-state index contributed by atoms with van der Waals surface area (Å²) >= 11 is 0. The summed E-state index contributed by atoms with van der Waals surface area (Å²) < 4.78 is 13.4. The van der Waals surface area contributed by atoms with E-state index in [2.05, 4.69) is 211 Å². The highest BCUT2D eigenvalue weighted by Gasteiger charge is 2.21. The van der Waals surface area contributed by atoms with E-state index in [4.69, 9.17) is 8.83 Å². The zero-order valence-electron chi connectivity index (χ0n) is 32.0. The Labute approximate surface area is 340 Å². The average molecular weight is 754 g/mol.